The topological polar surface area (TPSA) is 61.9 Å². The normalized spacial score (nSPS) is 38.3. The Bertz CT molecular complexity index is 499. The average molecular weight is 346 g/mol. The Morgan fingerprint density at radius 2 is 2.04 bits per heavy atom. The van der Waals surface area contributed by atoms with Crippen molar-refractivity contribution in [3.63, 3.8) is 0 Å². The van der Waals surface area contributed by atoms with Gasteiger partial charge in [0.15, 0.2) is 0 Å². The molecule has 4 aliphatic heterocycles. The highest BCUT2D eigenvalue weighted by molar-refractivity contribution is 7.88. The van der Waals surface area contributed by atoms with Crippen LogP contribution in [0.25, 0.3) is 0 Å². The number of rotatable bonds is 7. The van der Waals surface area contributed by atoms with Crippen LogP contribution in [0.2, 0.25) is 0 Å². The maximum atomic E-state index is 11.3. The molecule has 134 valence electrons. The third-order valence-corrected chi connectivity index (χ3v) is 6.61. The molecule has 4 heterocycles. The molecule has 0 spiro atoms. The molecule has 4 saturated heterocycles. The van der Waals surface area contributed by atoms with Crippen LogP contribution in [0.1, 0.15) is 25.7 Å². The third kappa shape index (κ3) is 4.45. The molecule has 0 aromatic rings. The lowest BCUT2D eigenvalue weighted by Crippen LogP contribution is -2.58. The second-order valence-corrected chi connectivity index (χ2v) is 9.39. The van der Waals surface area contributed by atoms with E-state index in [1.165, 1.54) is 38.6 Å². The van der Waals surface area contributed by atoms with Gasteiger partial charge >= 0.3 is 0 Å². The largest absolute Gasteiger partial charge is 0.383 e. The van der Waals surface area contributed by atoms with Gasteiger partial charge in [0.1, 0.15) is 0 Å². The summed E-state index contributed by atoms with van der Waals surface area (Å²) in [5, 5.41) is 0. The lowest BCUT2D eigenvalue weighted by Gasteiger charge is -2.51. The molecule has 0 aliphatic carbocycles. The van der Waals surface area contributed by atoms with E-state index < -0.39 is 10.0 Å². The Labute approximate surface area is 140 Å². The van der Waals surface area contributed by atoms with Gasteiger partial charge in [-0.25, -0.2) is 13.1 Å². The lowest BCUT2D eigenvalue weighted by molar-refractivity contribution is -0.0156. The van der Waals surface area contributed by atoms with E-state index in [4.69, 9.17) is 4.74 Å². The molecule has 2 bridgehead atoms. The zero-order valence-electron chi connectivity index (χ0n) is 14.4. The summed E-state index contributed by atoms with van der Waals surface area (Å²) in [7, 11) is -1.29. The number of nitrogens with zero attached hydrogens (tertiary/aromatic N) is 2. The summed E-state index contributed by atoms with van der Waals surface area (Å²) >= 11 is 0. The van der Waals surface area contributed by atoms with Gasteiger partial charge in [0.25, 0.3) is 0 Å². The number of methoxy groups -OCH3 is 1. The maximum absolute atomic E-state index is 11.3. The van der Waals surface area contributed by atoms with Crippen molar-refractivity contribution in [2.75, 3.05) is 52.7 Å². The predicted octanol–water partition coefficient (Wildman–Crippen LogP) is 0.357. The number of nitrogens with one attached hydrogen (secondary N) is 1. The Hall–Kier alpha value is -0.210. The second kappa shape index (κ2) is 7.35. The Morgan fingerprint density at radius 1 is 1.22 bits per heavy atom. The van der Waals surface area contributed by atoms with Crippen molar-refractivity contribution in [3.05, 3.63) is 0 Å². The molecule has 0 saturated carbocycles. The molecule has 0 aromatic carbocycles. The van der Waals surface area contributed by atoms with E-state index in [-0.39, 0.29) is 0 Å². The first-order chi connectivity index (χ1) is 11.0. The number of hydrogen-bond donors (Lipinski definition) is 1. The van der Waals surface area contributed by atoms with Gasteiger partial charge in [-0.05, 0) is 50.6 Å². The number of ether oxygens (including phenoxy) is 1. The lowest BCUT2D eigenvalue weighted by atomic mass is 9.75. The monoisotopic (exact) mass is 345 g/mol. The molecule has 0 radical (unpaired) electrons. The molecule has 4 rings (SSSR count). The van der Waals surface area contributed by atoms with E-state index in [0.717, 1.165) is 38.0 Å². The molecule has 6 nitrogen and oxygen atoms in total. The number of fused-ring (bicyclic) bond motifs is 3. The zero-order chi connectivity index (χ0) is 16.4. The fourth-order valence-electron chi connectivity index (χ4n) is 4.73. The van der Waals surface area contributed by atoms with Crippen molar-refractivity contribution >= 4 is 10.0 Å². The molecule has 1 N–H and O–H groups in total. The first-order valence-corrected chi connectivity index (χ1v) is 10.8. The van der Waals surface area contributed by atoms with Crippen molar-refractivity contribution in [1.29, 1.82) is 0 Å². The molecular weight excluding hydrogens is 314 g/mol. The first kappa shape index (κ1) is 17.6. The van der Waals surface area contributed by atoms with E-state index in [1.807, 2.05) is 0 Å². The minimum absolute atomic E-state index is 0.382. The summed E-state index contributed by atoms with van der Waals surface area (Å²) in [4.78, 5) is 5.13. The zero-order valence-corrected chi connectivity index (χ0v) is 15.2. The molecule has 5 atom stereocenters. The minimum atomic E-state index is -3.08. The highest BCUT2D eigenvalue weighted by Crippen LogP contribution is 2.37. The van der Waals surface area contributed by atoms with Crippen LogP contribution in [-0.2, 0) is 14.8 Å². The van der Waals surface area contributed by atoms with Gasteiger partial charge in [-0.3, -0.25) is 9.80 Å². The fourth-order valence-corrected chi connectivity index (χ4v) is 5.23. The van der Waals surface area contributed by atoms with Crippen molar-refractivity contribution < 1.29 is 13.2 Å². The Morgan fingerprint density at radius 3 is 2.70 bits per heavy atom. The molecule has 0 amide bonds. The Kier molecular flexibility index (Phi) is 5.63. The number of sulfonamides is 1. The molecule has 23 heavy (non-hydrogen) atoms. The van der Waals surface area contributed by atoms with Crippen LogP contribution in [0.3, 0.4) is 0 Å². The SMILES string of the molecule is COC[C@H]1CCCN1C[C@H]1CN2CC[C@H]1C[C@@H]2CNS(C)(=O)=O. The van der Waals surface area contributed by atoms with Crippen molar-refractivity contribution in [3.8, 4) is 0 Å². The predicted molar refractivity (Wildman–Crippen MR) is 90.9 cm³/mol. The van der Waals surface area contributed by atoms with Gasteiger partial charge in [-0.15, -0.1) is 0 Å². The standard InChI is InChI=1S/C16H31N3O3S/c1-22-12-15-4-3-6-18(15)10-14-11-19-7-5-13(14)8-16(19)9-17-23(2,20)21/h13-17H,3-12H2,1-2H3/t13-,14-,15+,16+/m0/s1. The van der Waals surface area contributed by atoms with E-state index >= 15 is 0 Å². The number of piperidine rings is 3. The van der Waals surface area contributed by atoms with Gasteiger partial charge in [0.2, 0.25) is 10.0 Å². The van der Waals surface area contributed by atoms with E-state index in [1.54, 1.807) is 7.11 Å². The maximum Gasteiger partial charge on any atom is 0.208 e. The van der Waals surface area contributed by atoms with E-state index in [9.17, 15) is 8.42 Å². The van der Waals surface area contributed by atoms with Crippen LogP contribution in [0.5, 0.6) is 0 Å². The van der Waals surface area contributed by atoms with E-state index in [0.29, 0.717) is 18.6 Å². The molecule has 7 heteroatoms. The van der Waals surface area contributed by atoms with Crippen LogP contribution in [-0.4, -0.2) is 83.0 Å². The highest BCUT2D eigenvalue weighted by Gasteiger charge is 2.41. The molecular formula is C16H31N3O3S. The molecule has 4 aliphatic rings. The second-order valence-electron chi connectivity index (χ2n) is 7.56. The molecule has 4 fully saturated rings. The van der Waals surface area contributed by atoms with Gasteiger partial charge < -0.3 is 4.74 Å². The summed E-state index contributed by atoms with van der Waals surface area (Å²) in [5.41, 5.74) is 0. The van der Waals surface area contributed by atoms with Crippen LogP contribution in [0.15, 0.2) is 0 Å². The third-order valence-electron chi connectivity index (χ3n) is 5.92. The van der Waals surface area contributed by atoms with Crippen LogP contribution < -0.4 is 4.72 Å². The quantitative estimate of drug-likeness (QED) is 0.722. The van der Waals surface area contributed by atoms with Crippen molar-refractivity contribution in [2.45, 2.75) is 37.8 Å². The molecule has 0 aromatic heterocycles. The van der Waals surface area contributed by atoms with Gasteiger partial charge in [0, 0.05) is 38.8 Å². The average Bonchev–Trinajstić information content (AvgIpc) is 2.93. The van der Waals surface area contributed by atoms with Gasteiger partial charge in [-0.2, -0.15) is 0 Å². The summed E-state index contributed by atoms with van der Waals surface area (Å²) < 4.78 is 30.7. The summed E-state index contributed by atoms with van der Waals surface area (Å²) in [6.45, 7) is 6.05. The number of likely N-dealkylation sites (tertiary alicyclic amines) is 1. The van der Waals surface area contributed by atoms with Crippen LogP contribution in [0.4, 0.5) is 0 Å². The summed E-state index contributed by atoms with van der Waals surface area (Å²) in [6, 6.07) is 0.978. The van der Waals surface area contributed by atoms with Gasteiger partial charge in [-0.1, -0.05) is 0 Å². The summed E-state index contributed by atoms with van der Waals surface area (Å²) in [6.07, 6.45) is 6.19. The van der Waals surface area contributed by atoms with Crippen molar-refractivity contribution in [1.82, 2.24) is 14.5 Å². The van der Waals surface area contributed by atoms with Crippen LogP contribution in [0, 0.1) is 11.8 Å². The highest BCUT2D eigenvalue weighted by atomic mass is 32.2. The van der Waals surface area contributed by atoms with Crippen LogP contribution >= 0.6 is 0 Å². The summed E-state index contributed by atoms with van der Waals surface area (Å²) in [5.74, 6) is 1.48. The number of hydrogen-bond acceptors (Lipinski definition) is 5. The smallest absolute Gasteiger partial charge is 0.208 e. The van der Waals surface area contributed by atoms with Gasteiger partial charge in [0.05, 0.1) is 12.9 Å². The minimum Gasteiger partial charge on any atom is -0.383 e. The van der Waals surface area contributed by atoms with Crippen molar-refractivity contribution in [2.24, 2.45) is 11.8 Å². The first-order valence-electron chi connectivity index (χ1n) is 8.88. The fraction of sp³-hybridized carbons (Fsp3) is 1.00. The molecule has 1 unspecified atom stereocenters. The van der Waals surface area contributed by atoms with E-state index in [2.05, 4.69) is 14.5 Å². The Balaban J connectivity index is 1.53.